The largest absolute Gasteiger partial charge is 0.497 e. The minimum absolute atomic E-state index is 0.0508. The Morgan fingerprint density at radius 1 is 1.03 bits per heavy atom. The summed E-state index contributed by atoms with van der Waals surface area (Å²) in [4.78, 5) is 19.1. The molecule has 168 valence electrons. The van der Waals surface area contributed by atoms with Gasteiger partial charge in [0, 0.05) is 42.2 Å². The quantitative estimate of drug-likeness (QED) is 0.578. The standard InChI is InChI=1S/C26H31N3O2S/c1-18-19(2)32-26(27-25(30)20-9-6-5-7-10-20)23(18)24(29-15-13-28(3)14-16-29)21-11-8-12-22(17-21)31-4/h5-12,17,24H,13-16H2,1-4H3,(H,27,30)/t24-/m0/s1. The van der Waals surface area contributed by atoms with Gasteiger partial charge in [-0.15, -0.1) is 11.3 Å². The Bertz CT molecular complexity index is 1070. The van der Waals surface area contributed by atoms with Crippen LogP contribution in [0.3, 0.4) is 0 Å². The fourth-order valence-corrected chi connectivity index (χ4v) is 5.37. The van der Waals surface area contributed by atoms with E-state index in [0.29, 0.717) is 5.56 Å². The second-order valence-electron chi connectivity index (χ2n) is 8.36. The predicted molar refractivity (Wildman–Crippen MR) is 132 cm³/mol. The summed E-state index contributed by atoms with van der Waals surface area (Å²) in [5, 5.41) is 4.16. The van der Waals surface area contributed by atoms with Crippen LogP contribution >= 0.6 is 11.3 Å². The monoisotopic (exact) mass is 449 g/mol. The lowest BCUT2D eigenvalue weighted by Crippen LogP contribution is -2.46. The molecule has 0 unspecified atom stereocenters. The number of nitrogens with one attached hydrogen (secondary N) is 1. The number of carbonyl (C=O) groups excluding carboxylic acids is 1. The van der Waals surface area contributed by atoms with Crippen molar-refractivity contribution < 1.29 is 9.53 Å². The molecule has 0 saturated carbocycles. The Kier molecular flexibility index (Phi) is 6.94. The molecule has 1 aliphatic rings. The molecule has 32 heavy (non-hydrogen) atoms. The Balaban J connectivity index is 1.77. The summed E-state index contributed by atoms with van der Waals surface area (Å²) >= 11 is 1.66. The van der Waals surface area contributed by atoms with E-state index < -0.39 is 0 Å². The molecule has 3 aromatic rings. The van der Waals surface area contributed by atoms with Crippen LogP contribution in [-0.4, -0.2) is 56.0 Å². The summed E-state index contributed by atoms with van der Waals surface area (Å²) in [7, 11) is 3.87. The van der Waals surface area contributed by atoms with E-state index in [1.54, 1.807) is 18.4 Å². The van der Waals surface area contributed by atoms with Gasteiger partial charge in [0.2, 0.25) is 0 Å². The first kappa shape index (κ1) is 22.5. The fourth-order valence-electron chi connectivity index (χ4n) is 4.28. The molecule has 5 nitrogen and oxygen atoms in total. The maximum absolute atomic E-state index is 13.0. The summed E-state index contributed by atoms with van der Waals surface area (Å²) in [6.07, 6.45) is 0. The van der Waals surface area contributed by atoms with E-state index in [-0.39, 0.29) is 11.9 Å². The van der Waals surface area contributed by atoms with Crippen molar-refractivity contribution in [2.24, 2.45) is 0 Å². The molecule has 0 bridgehead atoms. The van der Waals surface area contributed by atoms with Gasteiger partial charge in [-0.3, -0.25) is 9.69 Å². The number of carbonyl (C=O) groups is 1. The van der Waals surface area contributed by atoms with Crippen molar-refractivity contribution in [1.29, 1.82) is 0 Å². The molecule has 1 aromatic heterocycles. The van der Waals surface area contributed by atoms with Gasteiger partial charge in [-0.2, -0.15) is 0 Å². The highest BCUT2D eigenvalue weighted by Crippen LogP contribution is 2.43. The van der Waals surface area contributed by atoms with Crippen molar-refractivity contribution >= 4 is 22.2 Å². The van der Waals surface area contributed by atoms with Gasteiger partial charge in [-0.05, 0) is 56.3 Å². The van der Waals surface area contributed by atoms with Crippen LogP contribution in [-0.2, 0) is 0 Å². The first-order valence-electron chi connectivity index (χ1n) is 11.0. The first-order chi connectivity index (χ1) is 15.5. The third-order valence-corrected chi connectivity index (χ3v) is 7.42. The van der Waals surface area contributed by atoms with Crippen molar-refractivity contribution in [2.75, 3.05) is 45.7 Å². The van der Waals surface area contributed by atoms with Crippen LogP contribution in [0.5, 0.6) is 5.75 Å². The normalized spacial score (nSPS) is 16.0. The maximum Gasteiger partial charge on any atom is 0.256 e. The number of methoxy groups -OCH3 is 1. The summed E-state index contributed by atoms with van der Waals surface area (Å²) in [5.41, 5.74) is 4.28. The van der Waals surface area contributed by atoms with E-state index in [4.69, 9.17) is 4.74 Å². The Hall–Kier alpha value is -2.67. The highest BCUT2D eigenvalue weighted by Gasteiger charge is 2.31. The smallest absolute Gasteiger partial charge is 0.256 e. The molecule has 2 aromatic carbocycles. The predicted octanol–water partition coefficient (Wildman–Crippen LogP) is 4.96. The molecule has 1 N–H and O–H groups in total. The molecule has 1 amide bonds. The minimum Gasteiger partial charge on any atom is -0.497 e. The summed E-state index contributed by atoms with van der Waals surface area (Å²) in [6.45, 7) is 8.29. The lowest BCUT2D eigenvalue weighted by molar-refractivity contribution is 0.102. The van der Waals surface area contributed by atoms with Gasteiger partial charge in [-0.1, -0.05) is 30.3 Å². The van der Waals surface area contributed by atoms with Crippen LogP contribution in [0, 0.1) is 13.8 Å². The van der Waals surface area contributed by atoms with Crippen LogP contribution < -0.4 is 10.1 Å². The number of rotatable bonds is 6. The number of benzene rings is 2. The number of hydrogen-bond acceptors (Lipinski definition) is 5. The van der Waals surface area contributed by atoms with Gasteiger partial charge in [0.15, 0.2) is 0 Å². The average molecular weight is 450 g/mol. The number of anilines is 1. The Morgan fingerprint density at radius 3 is 2.44 bits per heavy atom. The van der Waals surface area contributed by atoms with Crippen LogP contribution in [0.4, 0.5) is 5.00 Å². The molecule has 0 aliphatic carbocycles. The third kappa shape index (κ3) is 4.72. The number of hydrogen-bond donors (Lipinski definition) is 1. The average Bonchev–Trinajstić information content (AvgIpc) is 3.09. The maximum atomic E-state index is 13.0. The number of piperazine rings is 1. The van der Waals surface area contributed by atoms with E-state index in [2.05, 4.69) is 48.1 Å². The molecule has 1 aliphatic heterocycles. The van der Waals surface area contributed by atoms with E-state index in [1.807, 2.05) is 42.5 Å². The van der Waals surface area contributed by atoms with Crippen LogP contribution in [0.2, 0.25) is 0 Å². The zero-order valence-corrected chi connectivity index (χ0v) is 20.0. The van der Waals surface area contributed by atoms with Gasteiger partial charge in [0.25, 0.3) is 5.91 Å². The highest BCUT2D eigenvalue weighted by atomic mass is 32.1. The SMILES string of the molecule is COc1cccc([C@@H](c2c(NC(=O)c3ccccc3)sc(C)c2C)N2CCN(C)CC2)c1. The van der Waals surface area contributed by atoms with E-state index in [1.165, 1.54) is 21.6 Å². The third-order valence-electron chi connectivity index (χ3n) is 6.28. The van der Waals surface area contributed by atoms with Gasteiger partial charge in [0.05, 0.1) is 13.2 Å². The number of ether oxygens (including phenoxy) is 1. The van der Waals surface area contributed by atoms with Gasteiger partial charge >= 0.3 is 0 Å². The van der Waals surface area contributed by atoms with Crippen molar-refractivity contribution in [2.45, 2.75) is 19.9 Å². The Labute approximate surface area is 194 Å². The van der Waals surface area contributed by atoms with Gasteiger partial charge in [0.1, 0.15) is 10.8 Å². The molecule has 4 rings (SSSR count). The van der Waals surface area contributed by atoms with Crippen LogP contribution in [0.25, 0.3) is 0 Å². The number of thiophene rings is 1. The molecule has 1 atom stereocenters. The van der Waals surface area contributed by atoms with Gasteiger partial charge < -0.3 is 15.0 Å². The zero-order chi connectivity index (χ0) is 22.7. The number of amides is 1. The van der Waals surface area contributed by atoms with Crippen molar-refractivity contribution in [3.63, 3.8) is 0 Å². The molecule has 2 heterocycles. The van der Waals surface area contributed by atoms with E-state index >= 15 is 0 Å². The number of likely N-dealkylation sites (N-methyl/N-ethyl adjacent to an activating group) is 1. The molecule has 0 spiro atoms. The molecular formula is C26H31N3O2S. The summed E-state index contributed by atoms with van der Waals surface area (Å²) in [6, 6.07) is 17.8. The van der Waals surface area contributed by atoms with E-state index in [0.717, 1.165) is 36.9 Å². The molecule has 1 fully saturated rings. The molecule has 6 heteroatoms. The lowest BCUT2D eigenvalue weighted by atomic mass is 9.94. The zero-order valence-electron chi connectivity index (χ0n) is 19.2. The van der Waals surface area contributed by atoms with Gasteiger partial charge in [-0.25, -0.2) is 0 Å². The first-order valence-corrected chi connectivity index (χ1v) is 11.8. The van der Waals surface area contributed by atoms with Crippen LogP contribution in [0.15, 0.2) is 54.6 Å². The summed E-state index contributed by atoms with van der Waals surface area (Å²) in [5.74, 6) is 0.775. The minimum atomic E-state index is -0.0733. The number of nitrogens with zero attached hydrogens (tertiary/aromatic N) is 2. The topological polar surface area (TPSA) is 44.8 Å². The van der Waals surface area contributed by atoms with Crippen molar-refractivity contribution in [1.82, 2.24) is 9.80 Å². The van der Waals surface area contributed by atoms with Crippen molar-refractivity contribution in [3.05, 3.63) is 81.7 Å². The molecule has 0 radical (unpaired) electrons. The molecule has 1 saturated heterocycles. The number of aryl methyl sites for hydroxylation is 1. The Morgan fingerprint density at radius 2 is 1.75 bits per heavy atom. The van der Waals surface area contributed by atoms with Crippen LogP contribution in [0.1, 0.15) is 38.0 Å². The highest BCUT2D eigenvalue weighted by molar-refractivity contribution is 7.16. The van der Waals surface area contributed by atoms with E-state index in [9.17, 15) is 4.79 Å². The lowest BCUT2D eigenvalue weighted by Gasteiger charge is -2.39. The summed E-state index contributed by atoms with van der Waals surface area (Å²) < 4.78 is 5.54. The second-order valence-corrected chi connectivity index (χ2v) is 9.59. The second kappa shape index (κ2) is 9.86. The molecular weight excluding hydrogens is 418 g/mol. The fraction of sp³-hybridized carbons (Fsp3) is 0.346. The van der Waals surface area contributed by atoms with Crippen molar-refractivity contribution in [3.8, 4) is 5.75 Å².